The molecule has 29 heavy (non-hydrogen) atoms. The number of para-hydroxylation sites is 2. The van der Waals surface area contributed by atoms with E-state index < -0.39 is 10.0 Å². The zero-order chi connectivity index (χ0) is 20.3. The Hall–Kier alpha value is -1.74. The molecule has 0 saturated carbocycles. The van der Waals surface area contributed by atoms with Crippen molar-refractivity contribution < 1.29 is 17.9 Å². The summed E-state index contributed by atoms with van der Waals surface area (Å²) in [5, 5.41) is 3.31. The SMILES string of the molecule is CSc1ccc(S(=O)(=O)N(CC2COc3ccccc3O2)C2CCNCC2)cc1. The molecular weight excluding hydrogens is 408 g/mol. The van der Waals surface area contributed by atoms with E-state index in [-0.39, 0.29) is 18.7 Å². The summed E-state index contributed by atoms with van der Waals surface area (Å²) in [5.41, 5.74) is 0. The largest absolute Gasteiger partial charge is 0.486 e. The lowest BCUT2D eigenvalue weighted by atomic mass is 10.1. The number of nitrogens with zero attached hydrogens (tertiary/aromatic N) is 1. The number of benzene rings is 2. The first kappa shape index (κ1) is 20.5. The van der Waals surface area contributed by atoms with Crippen LogP contribution < -0.4 is 14.8 Å². The summed E-state index contributed by atoms with van der Waals surface area (Å²) in [4.78, 5) is 1.36. The Bertz CT molecular complexity index is 928. The average Bonchev–Trinajstić information content (AvgIpc) is 2.78. The number of thioether (sulfide) groups is 1. The quantitative estimate of drug-likeness (QED) is 0.705. The van der Waals surface area contributed by atoms with Crippen LogP contribution >= 0.6 is 11.8 Å². The summed E-state index contributed by atoms with van der Waals surface area (Å²) in [6.07, 6.45) is 3.20. The molecular formula is C21H26N2O4S2. The van der Waals surface area contributed by atoms with Gasteiger partial charge < -0.3 is 14.8 Å². The summed E-state index contributed by atoms with van der Waals surface area (Å²) < 4.78 is 40.6. The van der Waals surface area contributed by atoms with Crippen molar-refractivity contribution in [1.82, 2.24) is 9.62 Å². The van der Waals surface area contributed by atoms with E-state index in [9.17, 15) is 8.42 Å². The Balaban J connectivity index is 1.59. The lowest BCUT2D eigenvalue weighted by Gasteiger charge is -2.37. The van der Waals surface area contributed by atoms with Crippen LogP contribution in [0.3, 0.4) is 0 Å². The van der Waals surface area contributed by atoms with E-state index in [1.165, 1.54) is 0 Å². The van der Waals surface area contributed by atoms with Gasteiger partial charge in [-0.2, -0.15) is 4.31 Å². The molecule has 2 aromatic carbocycles. The molecule has 2 heterocycles. The molecule has 0 bridgehead atoms. The van der Waals surface area contributed by atoms with Crippen LogP contribution in [0.1, 0.15) is 12.8 Å². The molecule has 2 aliphatic heterocycles. The van der Waals surface area contributed by atoms with Gasteiger partial charge in [0.25, 0.3) is 0 Å². The van der Waals surface area contributed by atoms with Crippen molar-refractivity contribution in [1.29, 1.82) is 0 Å². The van der Waals surface area contributed by atoms with Gasteiger partial charge in [-0.1, -0.05) is 12.1 Å². The van der Waals surface area contributed by atoms with Gasteiger partial charge in [0, 0.05) is 10.9 Å². The smallest absolute Gasteiger partial charge is 0.243 e. The van der Waals surface area contributed by atoms with Crippen molar-refractivity contribution in [2.75, 3.05) is 32.5 Å². The first-order valence-electron chi connectivity index (χ1n) is 9.83. The molecule has 2 aromatic rings. The van der Waals surface area contributed by atoms with E-state index in [1.807, 2.05) is 42.7 Å². The fourth-order valence-electron chi connectivity index (χ4n) is 3.77. The standard InChI is InChI=1S/C21H26N2O4S2/c1-28-18-6-8-19(9-7-18)29(24,25)23(16-10-12-22-13-11-16)14-17-15-26-20-4-2-3-5-21(20)27-17/h2-9,16-17,22H,10-15H2,1H3. The lowest BCUT2D eigenvalue weighted by molar-refractivity contribution is 0.0666. The van der Waals surface area contributed by atoms with Gasteiger partial charge >= 0.3 is 0 Å². The van der Waals surface area contributed by atoms with Gasteiger partial charge in [-0.25, -0.2) is 8.42 Å². The molecule has 4 rings (SSSR count). The number of nitrogens with one attached hydrogen (secondary N) is 1. The van der Waals surface area contributed by atoms with Crippen LogP contribution in [0.2, 0.25) is 0 Å². The topological polar surface area (TPSA) is 67.9 Å². The van der Waals surface area contributed by atoms with Crippen LogP contribution in [-0.4, -0.2) is 57.4 Å². The third kappa shape index (κ3) is 4.55. The zero-order valence-corrected chi connectivity index (χ0v) is 18.0. The number of piperidine rings is 1. The van der Waals surface area contributed by atoms with Crippen LogP contribution in [0.25, 0.3) is 0 Å². The summed E-state index contributed by atoms with van der Waals surface area (Å²) in [7, 11) is -3.64. The molecule has 2 aliphatic rings. The maximum absolute atomic E-state index is 13.6. The molecule has 6 nitrogen and oxygen atoms in total. The van der Waals surface area contributed by atoms with Gasteiger partial charge in [0.15, 0.2) is 11.5 Å². The molecule has 156 valence electrons. The Morgan fingerprint density at radius 1 is 1.07 bits per heavy atom. The predicted molar refractivity (Wildman–Crippen MR) is 114 cm³/mol. The molecule has 0 radical (unpaired) electrons. The van der Waals surface area contributed by atoms with Crippen molar-refractivity contribution in [3.63, 3.8) is 0 Å². The number of ether oxygens (including phenoxy) is 2. The Morgan fingerprint density at radius 2 is 1.76 bits per heavy atom. The van der Waals surface area contributed by atoms with Crippen molar-refractivity contribution in [3.05, 3.63) is 48.5 Å². The van der Waals surface area contributed by atoms with Crippen molar-refractivity contribution in [3.8, 4) is 11.5 Å². The zero-order valence-electron chi connectivity index (χ0n) is 16.4. The van der Waals surface area contributed by atoms with Gasteiger partial charge in [-0.3, -0.25) is 0 Å². The van der Waals surface area contributed by atoms with Crippen LogP contribution in [0.5, 0.6) is 11.5 Å². The van der Waals surface area contributed by atoms with Gasteiger partial charge in [-0.15, -0.1) is 11.8 Å². The minimum Gasteiger partial charge on any atom is -0.486 e. The Morgan fingerprint density at radius 3 is 2.45 bits per heavy atom. The normalized spacial score (nSPS) is 20.0. The summed E-state index contributed by atoms with van der Waals surface area (Å²) >= 11 is 1.59. The molecule has 8 heteroatoms. The highest BCUT2D eigenvalue weighted by atomic mass is 32.2. The van der Waals surface area contributed by atoms with Crippen molar-refractivity contribution in [2.45, 2.75) is 34.8 Å². The fourth-order valence-corrected chi connectivity index (χ4v) is 5.90. The minimum absolute atomic E-state index is 0.0535. The highest BCUT2D eigenvalue weighted by Gasteiger charge is 2.36. The highest BCUT2D eigenvalue weighted by molar-refractivity contribution is 7.98. The third-order valence-electron chi connectivity index (χ3n) is 5.33. The molecule has 1 atom stereocenters. The monoisotopic (exact) mass is 434 g/mol. The third-order valence-corrected chi connectivity index (χ3v) is 8.01. The fraction of sp³-hybridized carbons (Fsp3) is 0.429. The van der Waals surface area contributed by atoms with E-state index in [1.54, 1.807) is 28.2 Å². The maximum Gasteiger partial charge on any atom is 0.243 e. The van der Waals surface area contributed by atoms with Gasteiger partial charge in [0.1, 0.15) is 12.7 Å². The summed E-state index contributed by atoms with van der Waals surface area (Å²) in [5.74, 6) is 1.36. The van der Waals surface area contributed by atoms with Crippen LogP contribution in [0.15, 0.2) is 58.3 Å². The number of sulfonamides is 1. The highest BCUT2D eigenvalue weighted by Crippen LogP contribution is 2.32. The van der Waals surface area contributed by atoms with Crippen LogP contribution in [-0.2, 0) is 10.0 Å². The number of hydrogen-bond acceptors (Lipinski definition) is 6. The first-order valence-corrected chi connectivity index (χ1v) is 12.5. The second-order valence-corrected chi connectivity index (χ2v) is 10.00. The molecule has 0 aliphatic carbocycles. The summed E-state index contributed by atoms with van der Waals surface area (Å²) in [6, 6.07) is 14.6. The van der Waals surface area contributed by atoms with Crippen molar-refractivity contribution in [2.24, 2.45) is 0 Å². The number of fused-ring (bicyclic) bond motifs is 1. The average molecular weight is 435 g/mol. The molecule has 1 unspecified atom stereocenters. The lowest BCUT2D eigenvalue weighted by Crippen LogP contribution is -2.51. The molecule has 0 amide bonds. The molecule has 1 fully saturated rings. The summed E-state index contributed by atoms with van der Waals surface area (Å²) in [6.45, 7) is 2.23. The van der Waals surface area contributed by atoms with Crippen molar-refractivity contribution >= 4 is 21.8 Å². The maximum atomic E-state index is 13.6. The molecule has 1 saturated heterocycles. The molecule has 0 aromatic heterocycles. The van der Waals surface area contributed by atoms with E-state index in [4.69, 9.17) is 9.47 Å². The Labute approximate surface area is 176 Å². The minimum atomic E-state index is -3.64. The van der Waals surface area contributed by atoms with Gasteiger partial charge in [0.05, 0.1) is 11.4 Å². The Kier molecular flexibility index (Phi) is 6.34. The van der Waals surface area contributed by atoms with E-state index in [2.05, 4.69) is 5.32 Å². The van der Waals surface area contributed by atoms with E-state index in [0.29, 0.717) is 23.0 Å². The number of hydrogen-bond donors (Lipinski definition) is 1. The first-order chi connectivity index (χ1) is 14.1. The van der Waals surface area contributed by atoms with Gasteiger partial charge in [0.2, 0.25) is 10.0 Å². The second-order valence-electron chi connectivity index (χ2n) is 7.23. The second kappa shape index (κ2) is 8.95. The van der Waals surface area contributed by atoms with E-state index in [0.717, 1.165) is 30.8 Å². The molecule has 1 N–H and O–H groups in total. The van der Waals surface area contributed by atoms with E-state index >= 15 is 0 Å². The van der Waals surface area contributed by atoms with Crippen LogP contribution in [0, 0.1) is 0 Å². The molecule has 0 spiro atoms. The van der Waals surface area contributed by atoms with Gasteiger partial charge in [-0.05, 0) is 68.6 Å². The van der Waals surface area contributed by atoms with Crippen LogP contribution in [0.4, 0.5) is 0 Å². The number of rotatable bonds is 6. The predicted octanol–water partition coefficient (Wildman–Crippen LogP) is 2.99.